The monoisotopic (exact) mass is 420 g/mol. The quantitative estimate of drug-likeness (QED) is 0.676. The first-order valence-corrected chi connectivity index (χ1v) is 11.3. The van der Waals surface area contributed by atoms with Crippen LogP contribution in [0.4, 0.5) is 4.79 Å². The molecule has 3 rings (SSSR count). The normalized spacial score (nSPS) is 23.1. The van der Waals surface area contributed by atoms with Crippen LogP contribution in [-0.4, -0.2) is 66.4 Å². The molecule has 2 fully saturated rings. The lowest BCUT2D eigenvalue weighted by Crippen LogP contribution is -2.45. The molecule has 3 amide bonds. The topological polar surface area (TPSA) is 91.8 Å². The van der Waals surface area contributed by atoms with Crippen LogP contribution >= 0.6 is 11.8 Å². The molecule has 9 heteroatoms. The van der Waals surface area contributed by atoms with Crippen LogP contribution < -0.4 is 0 Å². The van der Waals surface area contributed by atoms with Gasteiger partial charge in [0.15, 0.2) is 9.84 Å². The fraction of sp³-hybridized carbons (Fsp3) is 0.316. The number of rotatable bonds is 5. The van der Waals surface area contributed by atoms with Crippen LogP contribution in [0.3, 0.4) is 0 Å². The third kappa shape index (κ3) is 4.71. The number of hydrogen-bond acceptors (Lipinski definition) is 6. The third-order valence-electron chi connectivity index (χ3n) is 4.65. The largest absolute Gasteiger partial charge is 0.340 e. The van der Waals surface area contributed by atoms with Crippen molar-refractivity contribution in [3.63, 3.8) is 0 Å². The van der Waals surface area contributed by atoms with Gasteiger partial charge in [-0.1, -0.05) is 42.5 Å². The fourth-order valence-corrected chi connectivity index (χ4v) is 5.56. The minimum atomic E-state index is -3.13. The number of carbonyl (C=O) groups excluding carboxylic acids is 3. The summed E-state index contributed by atoms with van der Waals surface area (Å²) in [7, 11) is -1.62. The van der Waals surface area contributed by atoms with E-state index in [1.54, 1.807) is 12.2 Å². The lowest BCUT2D eigenvalue weighted by Gasteiger charge is -2.25. The molecule has 1 aromatic rings. The van der Waals surface area contributed by atoms with Gasteiger partial charge in [-0.25, -0.2) is 8.42 Å². The first-order chi connectivity index (χ1) is 13.3. The second kappa shape index (κ2) is 8.32. The van der Waals surface area contributed by atoms with Crippen molar-refractivity contribution in [2.75, 3.05) is 25.1 Å². The van der Waals surface area contributed by atoms with Gasteiger partial charge in [-0.05, 0) is 29.8 Å². The molecule has 0 aliphatic carbocycles. The van der Waals surface area contributed by atoms with Gasteiger partial charge in [0.2, 0.25) is 5.91 Å². The predicted molar refractivity (Wildman–Crippen MR) is 108 cm³/mol. The number of nitrogens with zero attached hydrogens (tertiary/aromatic N) is 2. The number of likely N-dealkylation sites (N-methyl/N-ethyl adjacent to an activating group) is 1. The number of carbonyl (C=O) groups is 3. The van der Waals surface area contributed by atoms with Crippen molar-refractivity contribution in [1.82, 2.24) is 9.80 Å². The van der Waals surface area contributed by atoms with Crippen LogP contribution in [0.1, 0.15) is 12.0 Å². The number of allylic oxidation sites excluding steroid dienone is 2. The zero-order valence-electron chi connectivity index (χ0n) is 15.3. The molecule has 0 radical (unpaired) electrons. The number of amides is 3. The molecule has 2 heterocycles. The van der Waals surface area contributed by atoms with E-state index in [1.165, 1.54) is 11.9 Å². The molecule has 7 nitrogen and oxygen atoms in total. The van der Waals surface area contributed by atoms with Crippen LogP contribution in [0.25, 0.3) is 6.08 Å². The highest BCUT2D eigenvalue weighted by Crippen LogP contribution is 2.30. The van der Waals surface area contributed by atoms with Gasteiger partial charge >= 0.3 is 0 Å². The Morgan fingerprint density at radius 1 is 1.29 bits per heavy atom. The molecule has 0 unspecified atom stereocenters. The van der Waals surface area contributed by atoms with Crippen LogP contribution in [-0.2, 0) is 19.4 Å². The summed E-state index contributed by atoms with van der Waals surface area (Å²) < 4.78 is 23.2. The molecule has 2 saturated heterocycles. The summed E-state index contributed by atoms with van der Waals surface area (Å²) in [5, 5.41) is -0.509. The van der Waals surface area contributed by atoms with Crippen molar-refractivity contribution in [1.29, 1.82) is 0 Å². The summed E-state index contributed by atoms with van der Waals surface area (Å²) in [6.45, 7) is -0.391. The molecule has 0 bridgehead atoms. The maximum atomic E-state index is 12.5. The lowest BCUT2D eigenvalue weighted by molar-refractivity contribution is -0.136. The number of thioether (sulfide) groups is 1. The highest BCUT2D eigenvalue weighted by atomic mass is 32.2. The Kier molecular flexibility index (Phi) is 6.04. The van der Waals surface area contributed by atoms with Gasteiger partial charge in [0.1, 0.15) is 6.54 Å². The SMILES string of the molecule is CN(C(=O)CN1C(=O)S/C(=C\C=C\c2ccccc2)C1=O)[C@@H]1CCS(=O)(=O)C1. The van der Waals surface area contributed by atoms with Crippen LogP contribution in [0.5, 0.6) is 0 Å². The van der Waals surface area contributed by atoms with Gasteiger partial charge in [0, 0.05) is 13.1 Å². The second-order valence-electron chi connectivity index (χ2n) is 6.62. The summed E-state index contributed by atoms with van der Waals surface area (Å²) in [5.74, 6) is -1.01. The molecule has 0 spiro atoms. The van der Waals surface area contributed by atoms with Crippen molar-refractivity contribution >= 4 is 44.7 Å². The molecule has 2 aliphatic rings. The number of sulfone groups is 1. The summed E-state index contributed by atoms with van der Waals surface area (Å²) in [4.78, 5) is 39.5. The summed E-state index contributed by atoms with van der Waals surface area (Å²) in [5.41, 5.74) is 0.960. The Labute approximate surface area is 168 Å². The molecule has 2 aliphatic heterocycles. The van der Waals surface area contributed by atoms with Gasteiger partial charge < -0.3 is 4.90 Å². The van der Waals surface area contributed by atoms with E-state index in [4.69, 9.17) is 0 Å². The van der Waals surface area contributed by atoms with E-state index in [2.05, 4.69) is 0 Å². The molecular formula is C19H20N2O5S2. The number of imide groups is 1. The number of benzene rings is 1. The van der Waals surface area contributed by atoms with Crippen LogP contribution in [0.2, 0.25) is 0 Å². The Balaban J connectivity index is 1.62. The lowest BCUT2D eigenvalue weighted by atomic mass is 10.2. The minimum absolute atomic E-state index is 0.0490. The van der Waals surface area contributed by atoms with Crippen molar-refractivity contribution in [2.24, 2.45) is 0 Å². The summed E-state index contributed by atoms with van der Waals surface area (Å²) in [6.07, 6.45) is 5.42. The molecular weight excluding hydrogens is 400 g/mol. The van der Waals surface area contributed by atoms with E-state index in [-0.39, 0.29) is 16.4 Å². The van der Waals surface area contributed by atoms with Gasteiger partial charge in [0.25, 0.3) is 11.1 Å². The zero-order chi connectivity index (χ0) is 20.3. The second-order valence-corrected chi connectivity index (χ2v) is 9.84. The molecule has 1 atom stereocenters. The maximum absolute atomic E-state index is 12.5. The Morgan fingerprint density at radius 3 is 2.64 bits per heavy atom. The summed E-state index contributed by atoms with van der Waals surface area (Å²) >= 11 is 0.783. The number of hydrogen-bond donors (Lipinski definition) is 0. The van der Waals surface area contributed by atoms with Gasteiger partial charge in [-0.3, -0.25) is 19.3 Å². The third-order valence-corrected chi connectivity index (χ3v) is 7.33. The van der Waals surface area contributed by atoms with E-state index in [9.17, 15) is 22.8 Å². The van der Waals surface area contributed by atoms with E-state index in [0.29, 0.717) is 6.42 Å². The van der Waals surface area contributed by atoms with E-state index < -0.39 is 39.5 Å². The van der Waals surface area contributed by atoms with Crippen molar-refractivity contribution < 1.29 is 22.8 Å². The molecule has 1 aromatic carbocycles. The van der Waals surface area contributed by atoms with Gasteiger partial charge in [-0.15, -0.1) is 0 Å². The first-order valence-electron chi connectivity index (χ1n) is 8.70. The Bertz CT molecular complexity index is 954. The van der Waals surface area contributed by atoms with Gasteiger partial charge in [0.05, 0.1) is 16.4 Å². The van der Waals surface area contributed by atoms with Crippen molar-refractivity contribution in [3.8, 4) is 0 Å². The molecule has 148 valence electrons. The highest BCUT2D eigenvalue weighted by molar-refractivity contribution is 8.18. The molecule has 0 N–H and O–H groups in total. The van der Waals surface area contributed by atoms with Crippen molar-refractivity contribution in [3.05, 3.63) is 53.0 Å². The maximum Gasteiger partial charge on any atom is 0.294 e. The molecule has 0 aromatic heterocycles. The van der Waals surface area contributed by atoms with Crippen LogP contribution in [0.15, 0.2) is 47.4 Å². The van der Waals surface area contributed by atoms with E-state index in [1.807, 2.05) is 36.4 Å². The zero-order valence-corrected chi connectivity index (χ0v) is 16.9. The van der Waals surface area contributed by atoms with Crippen LogP contribution in [0, 0.1) is 0 Å². The van der Waals surface area contributed by atoms with Gasteiger partial charge in [-0.2, -0.15) is 0 Å². The average Bonchev–Trinajstić information content (AvgIpc) is 3.15. The fourth-order valence-electron chi connectivity index (χ4n) is 2.99. The Morgan fingerprint density at radius 2 is 2.00 bits per heavy atom. The van der Waals surface area contributed by atoms with Crippen molar-refractivity contribution in [2.45, 2.75) is 12.5 Å². The predicted octanol–water partition coefficient (Wildman–Crippen LogP) is 1.92. The average molecular weight is 421 g/mol. The van der Waals surface area contributed by atoms with E-state index >= 15 is 0 Å². The summed E-state index contributed by atoms with van der Waals surface area (Å²) in [6, 6.07) is 9.09. The standard InChI is InChI=1S/C19H20N2O5S2/c1-20(15-10-11-28(25,26)13-15)17(22)12-21-18(23)16(27-19(21)24)9-5-8-14-6-3-2-4-7-14/h2-9,15H,10-13H2,1H3/b8-5+,16-9-/t15-/m1/s1. The van der Waals surface area contributed by atoms with E-state index in [0.717, 1.165) is 22.2 Å². The molecule has 0 saturated carbocycles. The minimum Gasteiger partial charge on any atom is -0.340 e. The smallest absolute Gasteiger partial charge is 0.294 e. The first kappa shape index (κ1) is 20.3. The Hall–Kier alpha value is -2.39. The molecule has 28 heavy (non-hydrogen) atoms. The highest BCUT2D eigenvalue weighted by Gasteiger charge is 2.38.